The Morgan fingerprint density at radius 2 is 1.92 bits per heavy atom. The molecule has 0 radical (unpaired) electrons. The van der Waals surface area contributed by atoms with Crippen LogP contribution in [-0.2, 0) is 7.05 Å². The molecule has 0 bridgehead atoms. The van der Waals surface area contributed by atoms with Crippen molar-refractivity contribution in [3.8, 4) is 17.5 Å². The second-order valence-electron chi connectivity index (χ2n) is 8.80. The molecule has 192 valence electrons. The summed E-state index contributed by atoms with van der Waals surface area (Å²) >= 11 is 0. The highest BCUT2D eigenvalue weighted by atomic mass is 16.5. The normalized spacial score (nSPS) is 11.8. The van der Waals surface area contributed by atoms with Gasteiger partial charge in [0.25, 0.3) is 17.2 Å². The molecule has 6 aromatic rings. The molecule has 0 saturated heterocycles. The van der Waals surface area contributed by atoms with E-state index >= 15 is 0 Å². The number of amides is 1. The van der Waals surface area contributed by atoms with Gasteiger partial charge in [0.2, 0.25) is 0 Å². The Morgan fingerprint density at radius 1 is 1.13 bits per heavy atom. The molecule has 0 aliphatic heterocycles. The van der Waals surface area contributed by atoms with Crippen LogP contribution < -0.4 is 16.6 Å². The number of benzene rings is 1. The smallest absolute Gasteiger partial charge is 0.272 e. The number of nitrogens with two attached hydrogens (primary N) is 1. The van der Waals surface area contributed by atoms with E-state index in [0.717, 1.165) is 0 Å². The number of nitrogens with zero attached hydrogens (tertiary/aromatic N) is 7. The Bertz CT molecular complexity index is 1990. The molecule has 0 spiro atoms. The summed E-state index contributed by atoms with van der Waals surface area (Å²) in [6.45, 7) is 1.71. The molecule has 12 nitrogen and oxygen atoms in total. The lowest BCUT2D eigenvalue weighted by Gasteiger charge is -2.18. The van der Waals surface area contributed by atoms with Crippen LogP contribution in [0.2, 0.25) is 0 Å². The van der Waals surface area contributed by atoms with Crippen LogP contribution in [0, 0.1) is 11.8 Å². The maximum atomic E-state index is 13.9. The second kappa shape index (κ2) is 9.31. The quantitative estimate of drug-likeness (QED) is 0.337. The van der Waals surface area contributed by atoms with Gasteiger partial charge in [0.1, 0.15) is 16.8 Å². The number of carbonyl (C=O) groups excluding carboxylic acids is 1. The molecule has 6 rings (SSSR count). The summed E-state index contributed by atoms with van der Waals surface area (Å²) in [6.07, 6.45) is 5.05. The fourth-order valence-corrected chi connectivity index (χ4v) is 4.32. The van der Waals surface area contributed by atoms with Gasteiger partial charge in [-0.3, -0.25) is 18.8 Å². The van der Waals surface area contributed by atoms with Gasteiger partial charge in [0, 0.05) is 19.4 Å². The minimum Gasteiger partial charge on any atom is -0.382 e. The summed E-state index contributed by atoms with van der Waals surface area (Å²) in [6, 6.07) is 13.6. The zero-order chi connectivity index (χ0) is 27.1. The van der Waals surface area contributed by atoms with Crippen molar-refractivity contribution < 1.29 is 9.32 Å². The van der Waals surface area contributed by atoms with E-state index in [1.165, 1.54) is 9.08 Å². The third kappa shape index (κ3) is 4.17. The minimum atomic E-state index is -0.733. The molecule has 1 atom stereocenters. The van der Waals surface area contributed by atoms with Crippen molar-refractivity contribution in [3.05, 3.63) is 100 Å². The number of fused-ring (bicyclic) bond motifs is 2. The molecule has 0 unspecified atom stereocenters. The third-order valence-electron chi connectivity index (χ3n) is 6.11. The predicted octanol–water partition coefficient (Wildman–Crippen LogP) is 2.23. The number of aromatic nitrogens is 7. The Hall–Kier alpha value is -5.70. The Kier molecular flexibility index (Phi) is 5.65. The second-order valence-corrected chi connectivity index (χ2v) is 8.80. The summed E-state index contributed by atoms with van der Waals surface area (Å²) in [5, 5.41) is 15.3. The molecular formula is C27H21N9O3. The summed E-state index contributed by atoms with van der Waals surface area (Å²) < 4.78 is 9.98. The van der Waals surface area contributed by atoms with Crippen LogP contribution in [0.3, 0.4) is 0 Å². The number of rotatable bonds is 4. The number of nitrogen functional groups attached to an aromatic ring is 1. The Morgan fingerprint density at radius 3 is 2.69 bits per heavy atom. The monoisotopic (exact) mass is 519 g/mol. The number of hydrogen-bond donors (Lipinski definition) is 2. The van der Waals surface area contributed by atoms with Gasteiger partial charge in [-0.15, -0.1) is 5.10 Å². The lowest BCUT2D eigenvalue weighted by atomic mass is 10.2. The molecule has 3 N–H and O–H groups in total. The van der Waals surface area contributed by atoms with Gasteiger partial charge in [-0.25, -0.2) is 4.52 Å². The van der Waals surface area contributed by atoms with Gasteiger partial charge >= 0.3 is 0 Å². The van der Waals surface area contributed by atoms with E-state index in [2.05, 4.69) is 37.5 Å². The van der Waals surface area contributed by atoms with Gasteiger partial charge in [0.15, 0.2) is 11.5 Å². The predicted molar refractivity (Wildman–Crippen MR) is 142 cm³/mol. The Labute approximate surface area is 220 Å². The number of nitrogens with one attached hydrogen (secondary N) is 1. The van der Waals surface area contributed by atoms with Crippen LogP contribution in [0.5, 0.6) is 0 Å². The van der Waals surface area contributed by atoms with Crippen molar-refractivity contribution in [2.45, 2.75) is 13.0 Å². The average Bonchev–Trinajstić information content (AvgIpc) is 3.63. The number of aryl methyl sites for hydroxylation is 1. The molecule has 39 heavy (non-hydrogen) atoms. The van der Waals surface area contributed by atoms with Gasteiger partial charge in [-0.2, -0.15) is 10.1 Å². The molecular weight excluding hydrogens is 498 g/mol. The number of para-hydroxylation sites is 1. The molecule has 0 aliphatic rings. The zero-order valence-electron chi connectivity index (χ0n) is 20.9. The van der Waals surface area contributed by atoms with E-state index < -0.39 is 17.5 Å². The molecule has 1 amide bonds. The highest BCUT2D eigenvalue weighted by Gasteiger charge is 2.25. The number of anilines is 1. The van der Waals surface area contributed by atoms with Gasteiger partial charge in [-0.05, 0) is 37.1 Å². The first-order valence-corrected chi connectivity index (χ1v) is 11.9. The molecule has 0 fully saturated rings. The van der Waals surface area contributed by atoms with Crippen LogP contribution in [0.4, 0.5) is 5.82 Å². The van der Waals surface area contributed by atoms with Crippen LogP contribution >= 0.6 is 0 Å². The van der Waals surface area contributed by atoms with Crippen LogP contribution in [0.1, 0.15) is 40.4 Å². The van der Waals surface area contributed by atoms with Gasteiger partial charge < -0.3 is 15.6 Å². The zero-order valence-corrected chi connectivity index (χ0v) is 20.9. The number of carbonyl (C=O) groups is 1. The molecule has 5 aromatic heterocycles. The largest absolute Gasteiger partial charge is 0.382 e. The maximum absolute atomic E-state index is 13.9. The van der Waals surface area contributed by atoms with E-state index in [9.17, 15) is 9.59 Å². The van der Waals surface area contributed by atoms with Crippen molar-refractivity contribution >= 4 is 28.3 Å². The van der Waals surface area contributed by atoms with E-state index in [4.69, 9.17) is 10.3 Å². The Balaban J connectivity index is 1.45. The van der Waals surface area contributed by atoms with Gasteiger partial charge in [-0.1, -0.05) is 35.3 Å². The van der Waals surface area contributed by atoms with E-state index in [1.54, 1.807) is 79.7 Å². The van der Waals surface area contributed by atoms with Crippen molar-refractivity contribution in [2.24, 2.45) is 7.05 Å². The summed E-state index contributed by atoms with van der Waals surface area (Å²) in [7, 11) is 1.78. The third-order valence-corrected chi connectivity index (χ3v) is 6.11. The standard InChI is InChI=1S/C27H21N9O3/c1-16(30-25(37)22-20-10-6-7-13-35(20)32-23(22)28)24-31-26-21(27(38)36(24)18-8-4-3-5-9-18)19(33-39-26)12-11-17-14-29-34(2)15-17/h3-10,13-16H,1-2H3,(H2,28,32)(H,30,37)/t16-/m0/s1. The molecule has 12 heteroatoms. The summed E-state index contributed by atoms with van der Waals surface area (Å²) in [5.74, 6) is 5.69. The van der Waals surface area contributed by atoms with Crippen molar-refractivity contribution in [2.75, 3.05) is 5.73 Å². The van der Waals surface area contributed by atoms with Crippen molar-refractivity contribution in [1.29, 1.82) is 0 Å². The SMILES string of the molecule is C[C@H](NC(=O)c1c(N)nn2ccccc12)c1nc2onc(C#Cc3cnn(C)c3)c2c(=O)n1-c1ccccc1. The molecule has 0 saturated carbocycles. The molecule has 5 heterocycles. The summed E-state index contributed by atoms with van der Waals surface area (Å²) in [4.78, 5) is 31.8. The highest BCUT2D eigenvalue weighted by Crippen LogP contribution is 2.22. The van der Waals surface area contributed by atoms with Crippen molar-refractivity contribution in [3.63, 3.8) is 0 Å². The van der Waals surface area contributed by atoms with E-state index in [-0.39, 0.29) is 34.0 Å². The summed E-state index contributed by atoms with van der Waals surface area (Å²) in [5.41, 5.74) is 7.77. The number of hydrogen-bond acceptors (Lipinski definition) is 8. The van der Waals surface area contributed by atoms with Crippen LogP contribution in [-0.4, -0.2) is 40.0 Å². The average molecular weight is 520 g/mol. The van der Waals surface area contributed by atoms with Crippen LogP contribution in [0.25, 0.3) is 22.3 Å². The van der Waals surface area contributed by atoms with Gasteiger partial charge in [0.05, 0.1) is 29.0 Å². The fraction of sp³-hybridized carbons (Fsp3) is 0.111. The first kappa shape index (κ1) is 23.7. The molecule has 0 aliphatic carbocycles. The van der Waals surface area contributed by atoms with E-state index in [0.29, 0.717) is 16.8 Å². The molecule has 1 aromatic carbocycles. The highest BCUT2D eigenvalue weighted by molar-refractivity contribution is 6.05. The number of pyridine rings is 1. The fourth-order valence-electron chi connectivity index (χ4n) is 4.32. The first-order chi connectivity index (χ1) is 18.9. The minimum absolute atomic E-state index is 0.00858. The topological polar surface area (TPSA) is 151 Å². The van der Waals surface area contributed by atoms with Crippen molar-refractivity contribution in [1.82, 2.24) is 39.4 Å². The van der Waals surface area contributed by atoms with E-state index in [1.807, 2.05) is 6.07 Å². The lowest BCUT2D eigenvalue weighted by molar-refractivity contribution is 0.0940. The first-order valence-electron chi connectivity index (χ1n) is 11.9. The van der Waals surface area contributed by atoms with Crippen LogP contribution in [0.15, 0.2) is 76.4 Å². The maximum Gasteiger partial charge on any atom is 0.272 e. The lowest BCUT2D eigenvalue weighted by Crippen LogP contribution is -2.33.